The number of hydrogen-bond donors (Lipinski definition) is 2. The molecule has 2 amide bonds. The number of aliphatic imine (C=N–C) groups is 1. The molecule has 3 aromatic rings. The van der Waals surface area contributed by atoms with Crippen LogP contribution in [0, 0.1) is 0 Å². The van der Waals surface area contributed by atoms with E-state index in [1.807, 2.05) is 30.3 Å². The van der Waals surface area contributed by atoms with E-state index in [0.29, 0.717) is 30.8 Å². The average Bonchev–Trinajstić information content (AvgIpc) is 3.31. The summed E-state index contributed by atoms with van der Waals surface area (Å²) in [6.07, 6.45) is -1.46. The van der Waals surface area contributed by atoms with Gasteiger partial charge in [-0.25, -0.2) is 4.79 Å². The van der Waals surface area contributed by atoms with Crippen molar-refractivity contribution in [2.45, 2.75) is 31.7 Å². The van der Waals surface area contributed by atoms with Gasteiger partial charge < -0.3 is 15.4 Å². The van der Waals surface area contributed by atoms with Crippen LogP contribution >= 0.6 is 23.4 Å². The van der Waals surface area contributed by atoms with Gasteiger partial charge in [-0.1, -0.05) is 30.2 Å². The lowest BCUT2D eigenvalue weighted by molar-refractivity contribution is -0.213. The van der Waals surface area contributed by atoms with Crippen LogP contribution in [-0.4, -0.2) is 58.3 Å². The van der Waals surface area contributed by atoms with Crippen LogP contribution in [0.25, 0.3) is 17.0 Å². The minimum Gasteiger partial charge on any atom is -0.430 e. The van der Waals surface area contributed by atoms with Gasteiger partial charge in [-0.3, -0.25) is 19.5 Å². The number of esters is 1. The van der Waals surface area contributed by atoms with E-state index in [1.165, 1.54) is 23.1 Å². The summed E-state index contributed by atoms with van der Waals surface area (Å²) in [5, 5.41) is 6.85. The third-order valence-electron chi connectivity index (χ3n) is 6.42. The van der Waals surface area contributed by atoms with Crippen LogP contribution in [-0.2, 0) is 19.1 Å². The third kappa shape index (κ3) is 7.09. The molecule has 42 heavy (non-hydrogen) atoms. The number of thioether (sulfide) groups is 1. The highest BCUT2D eigenvalue weighted by Gasteiger charge is 2.44. The number of benzene rings is 2. The van der Waals surface area contributed by atoms with Crippen LogP contribution in [0.2, 0.25) is 5.02 Å². The van der Waals surface area contributed by atoms with Crippen molar-refractivity contribution in [1.29, 1.82) is 0 Å². The molecule has 1 atom stereocenters. The maximum atomic E-state index is 13.0. The van der Waals surface area contributed by atoms with Gasteiger partial charge in [0, 0.05) is 30.4 Å². The summed E-state index contributed by atoms with van der Waals surface area (Å²) in [5.74, 6) is -3.84. The van der Waals surface area contributed by atoms with E-state index in [4.69, 9.17) is 11.6 Å². The Hall–Kier alpha value is -3.94. The molecular formula is C28H23ClF3N5O4S. The summed E-state index contributed by atoms with van der Waals surface area (Å²) >= 11 is 7.42. The second-order valence-electron chi connectivity index (χ2n) is 9.45. The number of nitrogens with zero attached hydrogens (tertiary/aromatic N) is 3. The van der Waals surface area contributed by atoms with E-state index >= 15 is 0 Å². The smallest absolute Gasteiger partial charge is 0.430 e. The Morgan fingerprint density at radius 2 is 1.88 bits per heavy atom. The number of alkyl halides is 3. The Labute approximate surface area is 247 Å². The van der Waals surface area contributed by atoms with Gasteiger partial charge >= 0.3 is 12.1 Å². The minimum atomic E-state index is -5.25. The fraction of sp³-hybridized carbons (Fsp3) is 0.250. The molecule has 0 spiro atoms. The van der Waals surface area contributed by atoms with Crippen molar-refractivity contribution < 1.29 is 32.3 Å². The molecule has 0 saturated carbocycles. The lowest BCUT2D eigenvalue weighted by atomic mass is 10.1. The zero-order valence-corrected chi connectivity index (χ0v) is 23.4. The molecule has 2 aliphatic rings. The molecular weight excluding hydrogens is 595 g/mol. The Kier molecular flexibility index (Phi) is 8.80. The second kappa shape index (κ2) is 12.5. The van der Waals surface area contributed by atoms with Crippen LogP contribution in [0.3, 0.4) is 0 Å². The maximum absolute atomic E-state index is 13.0. The number of nitrogens with one attached hydrogen (secondary N) is 2. The van der Waals surface area contributed by atoms with Crippen molar-refractivity contribution in [2.75, 3.05) is 23.7 Å². The third-order valence-corrected chi connectivity index (χ3v) is 7.65. The molecule has 2 N–H and O–H groups in total. The fourth-order valence-corrected chi connectivity index (χ4v) is 5.42. The van der Waals surface area contributed by atoms with Gasteiger partial charge in [0.05, 0.1) is 21.1 Å². The van der Waals surface area contributed by atoms with Gasteiger partial charge in [0.2, 0.25) is 6.23 Å². The molecule has 0 bridgehead atoms. The Bertz CT molecular complexity index is 1610. The molecule has 1 fully saturated rings. The first kappa shape index (κ1) is 29.5. The van der Waals surface area contributed by atoms with E-state index in [2.05, 4.69) is 25.3 Å². The van der Waals surface area contributed by atoms with Gasteiger partial charge in [-0.2, -0.15) is 18.2 Å². The van der Waals surface area contributed by atoms with E-state index in [9.17, 15) is 27.6 Å². The fourth-order valence-electron chi connectivity index (χ4n) is 4.43. The number of ether oxygens (including phenoxy) is 1. The number of anilines is 2. The molecule has 2 aromatic carbocycles. The summed E-state index contributed by atoms with van der Waals surface area (Å²) < 4.78 is 43.3. The van der Waals surface area contributed by atoms with Crippen LogP contribution < -0.4 is 10.6 Å². The van der Waals surface area contributed by atoms with Crippen molar-refractivity contribution in [1.82, 2.24) is 9.88 Å². The molecule has 2 aliphatic heterocycles. The number of aromatic nitrogens is 1. The number of amidine groups is 1. The number of carbonyl (C=O) groups is 3. The molecule has 5 rings (SSSR count). The Morgan fingerprint density at radius 1 is 1.10 bits per heavy atom. The van der Waals surface area contributed by atoms with Crippen molar-refractivity contribution in [3.05, 3.63) is 70.2 Å². The predicted molar refractivity (Wildman–Crippen MR) is 155 cm³/mol. The molecule has 1 unspecified atom stereocenters. The Morgan fingerprint density at radius 3 is 2.64 bits per heavy atom. The topological polar surface area (TPSA) is 113 Å². The number of pyridine rings is 1. The first-order chi connectivity index (χ1) is 20.1. The summed E-state index contributed by atoms with van der Waals surface area (Å²) in [6.45, 7) is 0.599. The predicted octanol–water partition coefficient (Wildman–Crippen LogP) is 5.83. The SMILES string of the molecule is O=C1N=C(Nc2cc(NC(=O)C(OC(=O)C(F)(F)F)N3CCCCC3)ccc2Cl)SC1=Cc1ccc2ncccc2c1. The van der Waals surface area contributed by atoms with Crippen LogP contribution in [0.1, 0.15) is 24.8 Å². The number of piperidine rings is 1. The number of fused-ring (bicyclic) bond motifs is 1. The highest BCUT2D eigenvalue weighted by atomic mass is 35.5. The van der Waals surface area contributed by atoms with E-state index in [1.54, 1.807) is 12.3 Å². The lowest BCUT2D eigenvalue weighted by Crippen LogP contribution is -2.50. The molecule has 1 saturated heterocycles. The number of amides is 2. The van der Waals surface area contributed by atoms with Crippen molar-refractivity contribution in [3.8, 4) is 0 Å². The molecule has 9 nitrogen and oxygen atoms in total. The summed E-state index contributed by atoms with van der Waals surface area (Å²) in [7, 11) is 0. The Balaban J connectivity index is 1.29. The molecule has 218 valence electrons. The van der Waals surface area contributed by atoms with Crippen LogP contribution in [0.5, 0.6) is 0 Å². The van der Waals surface area contributed by atoms with E-state index < -0.39 is 30.2 Å². The van der Waals surface area contributed by atoms with Gasteiger partial charge in [0.25, 0.3) is 11.8 Å². The van der Waals surface area contributed by atoms with Gasteiger partial charge in [-0.05, 0) is 72.6 Å². The van der Waals surface area contributed by atoms with Gasteiger partial charge in [0.1, 0.15) is 0 Å². The van der Waals surface area contributed by atoms with Crippen molar-refractivity contribution in [2.24, 2.45) is 4.99 Å². The molecule has 0 aliphatic carbocycles. The molecule has 14 heteroatoms. The minimum absolute atomic E-state index is 0.174. The highest BCUT2D eigenvalue weighted by molar-refractivity contribution is 8.18. The average molecular weight is 618 g/mol. The molecule has 1 aromatic heterocycles. The number of carbonyl (C=O) groups excluding carboxylic acids is 3. The van der Waals surface area contributed by atoms with Crippen molar-refractivity contribution in [3.63, 3.8) is 0 Å². The van der Waals surface area contributed by atoms with E-state index in [0.717, 1.165) is 34.6 Å². The monoisotopic (exact) mass is 617 g/mol. The standard InChI is InChI=1S/C28H23ClF3N5O4S/c29-19-8-7-18(34-24(39)25(37-11-2-1-3-12-37)41-26(40)28(30,31)32)15-21(19)35-27-36-23(38)22(42-27)14-16-6-9-20-17(13-16)5-4-10-33-20/h4-10,13-15,25H,1-3,11-12H2,(H,34,39)(H,35,36,38). The second-order valence-corrected chi connectivity index (χ2v) is 10.9. The largest absolute Gasteiger partial charge is 0.490 e. The molecule has 0 radical (unpaired) electrons. The summed E-state index contributed by atoms with van der Waals surface area (Å²) in [5.41, 5.74) is 2.08. The number of halogens is 4. The van der Waals surface area contributed by atoms with Crippen LogP contribution in [0.15, 0.2) is 64.6 Å². The number of hydrogen-bond acceptors (Lipinski definition) is 8. The number of likely N-dealkylation sites (tertiary alicyclic amines) is 1. The zero-order valence-electron chi connectivity index (χ0n) is 21.8. The van der Waals surface area contributed by atoms with Crippen LogP contribution in [0.4, 0.5) is 24.5 Å². The first-order valence-electron chi connectivity index (χ1n) is 12.8. The maximum Gasteiger partial charge on any atom is 0.490 e. The van der Waals surface area contributed by atoms with Gasteiger partial charge in [-0.15, -0.1) is 0 Å². The van der Waals surface area contributed by atoms with E-state index in [-0.39, 0.29) is 21.6 Å². The lowest BCUT2D eigenvalue weighted by Gasteiger charge is -2.32. The molecule has 3 heterocycles. The highest BCUT2D eigenvalue weighted by Crippen LogP contribution is 2.33. The summed E-state index contributed by atoms with van der Waals surface area (Å²) in [4.78, 5) is 47.2. The van der Waals surface area contributed by atoms with Crippen molar-refractivity contribution >= 4 is 74.7 Å². The van der Waals surface area contributed by atoms with Gasteiger partial charge in [0.15, 0.2) is 5.17 Å². The quantitative estimate of drug-likeness (QED) is 0.263. The first-order valence-corrected chi connectivity index (χ1v) is 14.0. The normalized spacial score (nSPS) is 17.7. The zero-order chi connectivity index (χ0) is 29.9. The number of rotatable bonds is 6. The summed E-state index contributed by atoms with van der Waals surface area (Å²) in [6, 6.07) is 13.7.